The lowest BCUT2D eigenvalue weighted by molar-refractivity contribution is 0.152. The second-order valence-electron chi connectivity index (χ2n) is 5.69. The number of nitrogens with two attached hydrogens (primary N) is 1. The predicted octanol–water partition coefficient (Wildman–Crippen LogP) is 1.73. The lowest BCUT2D eigenvalue weighted by atomic mass is 9.95. The van der Waals surface area contributed by atoms with Gasteiger partial charge in [-0.05, 0) is 6.92 Å². The number of aliphatic hydroxyl groups is 1. The Morgan fingerprint density at radius 2 is 1.90 bits per heavy atom. The Labute approximate surface area is 117 Å². The number of hydrogen-bond donors (Lipinski definition) is 2. The van der Waals surface area contributed by atoms with E-state index >= 15 is 0 Å². The van der Waals surface area contributed by atoms with E-state index in [9.17, 15) is 8.78 Å². The van der Waals surface area contributed by atoms with Gasteiger partial charge in [0.05, 0.1) is 13.2 Å². The third kappa shape index (κ3) is 4.00. The van der Waals surface area contributed by atoms with Crippen molar-refractivity contribution < 1.29 is 13.9 Å². The highest BCUT2D eigenvalue weighted by Gasteiger charge is 2.23. The minimum atomic E-state index is -2.52. The molecule has 0 saturated heterocycles. The Balaban J connectivity index is 3.28. The number of halogens is 2. The van der Waals surface area contributed by atoms with Crippen molar-refractivity contribution in [3.63, 3.8) is 0 Å². The van der Waals surface area contributed by atoms with Gasteiger partial charge in [-0.2, -0.15) is 0 Å². The van der Waals surface area contributed by atoms with Crippen molar-refractivity contribution in [1.82, 2.24) is 9.97 Å². The minimum Gasteiger partial charge on any atom is -0.395 e. The molecule has 0 fully saturated rings. The highest BCUT2D eigenvalue weighted by molar-refractivity contribution is 5.57. The largest absolute Gasteiger partial charge is 0.395 e. The van der Waals surface area contributed by atoms with E-state index in [1.807, 2.05) is 20.8 Å². The maximum atomic E-state index is 12.7. The summed E-state index contributed by atoms with van der Waals surface area (Å²) >= 11 is 0. The van der Waals surface area contributed by atoms with Crippen molar-refractivity contribution in [2.45, 2.75) is 39.5 Å². The van der Waals surface area contributed by atoms with Crippen LogP contribution < -0.4 is 10.6 Å². The smallest absolute Gasteiger partial charge is 0.255 e. The van der Waals surface area contributed by atoms with Crippen LogP contribution in [0.5, 0.6) is 0 Å². The van der Waals surface area contributed by atoms with Crippen LogP contribution in [0.4, 0.5) is 20.4 Å². The van der Waals surface area contributed by atoms with E-state index in [0.29, 0.717) is 17.2 Å². The molecule has 20 heavy (non-hydrogen) atoms. The van der Waals surface area contributed by atoms with Gasteiger partial charge >= 0.3 is 0 Å². The molecule has 0 saturated carbocycles. The molecule has 114 valence electrons. The Hall–Kier alpha value is -1.50. The maximum Gasteiger partial charge on any atom is 0.255 e. The molecular weight excluding hydrogens is 266 g/mol. The van der Waals surface area contributed by atoms with Gasteiger partial charge in [0, 0.05) is 17.5 Å². The molecule has 0 radical (unpaired) electrons. The highest BCUT2D eigenvalue weighted by Crippen LogP contribution is 2.27. The van der Waals surface area contributed by atoms with Crippen LogP contribution in [0.3, 0.4) is 0 Å². The van der Waals surface area contributed by atoms with E-state index in [-0.39, 0.29) is 24.4 Å². The Bertz CT molecular complexity index is 460. The van der Waals surface area contributed by atoms with Gasteiger partial charge in [-0.1, -0.05) is 20.8 Å². The van der Waals surface area contributed by atoms with Crippen LogP contribution in [0.2, 0.25) is 0 Å². The Morgan fingerprint density at radius 1 is 1.30 bits per heavy atom. The van der Waals surface area contributed by atoms with Gasteiger partial charge in [-0.25, -0.2) is 18.7 Å². The van der Waals surface area contributed by atoms with E-state index in [0.717, 1.165) is 0 Å². The minimum absolute atomic E-state index is 0.0746. The van der Waals surface area contributed by atoms with Crippen LogP contribution in [0.15, 0.2) is 0 Å². The zero-order valence-electron chi connectivity index (χ0n) is 12.3. The van der Waals surface area contributed by atoms with Gasteiger partial charge in [-0.3, -0.25) is 0 Å². The van der Waals surface area contributed by atoms with Crippen LogP contribution in [0.1, 0.15) is 32.2 Å². The lowest BCUT2D eigenvalue weighted by Gasteiger charge is -2.27. The molecular formula is C13H22F2N4O. The fraction of sp³-hybridized carbons (Fsp3) is 0.692. The molecule has 0 bridgehead atoms. The normalized spacial score (nSPS) is 12.0. The number of rotatable bonds is 5. The summed E-state index contributed by atoms with van der Waals surface area (Å²) < 4.78 is 25.3. The third-order valence-corrected chi connectivity index (χ3v) is 2.86. The number of alkyl halides is 2. The number of anilines is 2. The van der Waals surface area contributed by atoms with E-state index in [4.69, 9.17) is 10.8 Å². The number of aliphatic hydroxyl groups excluding tert-OH is 1. The first-order chi connectivity index (χ1) is 9.16. The molecule has 0 aromatic carbocycles. The molecule has 5 nitrogen and oxygen atoms in total. The Morgan fingerprint density at radius 3 is 2.35 bits per heavy atom. The van der Waals surface area contributed by atoms with Crippen LogP contribution in [0.25, 0.3) is 0 Å². The van der Waals surface area contributed by atoms with E-state index in [1.165, 1.54) is 4.90 Å². The molecule has 0 aliphatic rings. The van der Waals surface area contributed by atoms with Crippen molar-refractivity contribution in [2.24, 2.45) is 0 Å². The van der Waals surface area contributed by atoms with E-state index in [1.54, 1.807) is 6.92 Å². The summed E-state index contributed by atoms with van der Waals surface area (Å²) in [4.78, 5) is 9.92. The molecule has 0 unspecified atom stereocenters. The van der Waals surface area contributed by atoms with Gasteiger partial charge in [0.15, 0.2) is 0 Å². The second kappa shape index (κ2) is 6.30. The van der Waals surface area contributed by atoms with Gasteiger partial charge in [0.25, 0.3) is 6.43 Å². The topological polar surface area (TPSA) is 75.3 Å². The summed E-state index contributed by atoms with van der Waals surface area (Å²) in [5.41, 5.74) is 6.06. The summed E-state index contributed by atoms with van der Waals surface area (Å²) in [7, 11) is 0. The van der Waals surface area contributed by atoms with Crippen LogP contribution in [-0.4, -0.2) is 41.2 Å². The summed E-state index contributed by atoms with van der Waals surface area (Å²) in [5.74, 6) is 1.13. The average Bonchev–Trinajstić information content (AvgIpc) is 2.30. The van der Waals surface area contributed by atoms with Crippen LogP contribution in [0, 0.1) is 6.92 Å². The standard InChI is InChI=1S/C13H22F2N4O/c1-8-10(16)17-12(13(2,3)4)18-11(8)19(5-6-20)7-9(14)15/h9,20H,5-7H2,1-4H3,(H2,16,17,18). The van der Waals surface area contributed by atoms with E-state index < -0.39 is 13.0 Å². The Kier molecular flexibility index (Phi) is 5.21. The molecule has 3 N–H and O–H groups in total. The molecule has 1 rings (SSSR count). The third-order valence-electron chi connectivity index (χ3n) is 2.86. The summed E-state index contributed by atoms with van der Waals surface area (Å²) in [6.45, 7) is 6.79. The van der Waals surface area contributed by atoms with Gasteiger partial charge in [-0.15, -0.1) is 0 Å². The SMILES string of the molecule is Cc1c(N)nc(C(C)(C)C)nc1N(CCO)CC(F)F. The molecule has 0 amide bonds. The number of nitrogen functional groups attached to an aromatic ring is 1. The van der Waals surface area contributed by atoms with E-state index in [2.05, 4.69) is 9.97 Å². The number of hydrogen-bond acceptors (Lipinski definition) is 5. The van der Waals surface area contributed by atoms with Gasteiger partial charge < -0.3 is 15.7 Å². The first-order valence-corrected chi connectivity index (χ1v) is 6.45. The number of aromatic nitrogens is 2. The van der Waals surface area contributed by atoms with Crippen molar-refractivity contribution in [2.75, 3.05) is 30.3 Å². The molecule has 1 aromatic rings. The average molecular weight is 288 g/mol. The van der Waals surface area contributed by atoms with Crippen LogP contribution >= 0.6 is 0 Å². The molecule has 7 heteroatoms. The zero-order valence-corrected chi connectivity index (χ0v) is 12.3. The second-order valence-corrected chi connectivity index (χ2v) is 5.69. The van der Waals surface area contributed by atoms with Crippen molar-refractivity contribution >= 4 is 11.6 Å². The molecule has 0 spiro atoms. The highest BCUT2D eigenvalue weighted by atomic mass is 19.3. The first kappa shape index (κ1) is 16.6. The monoisotopic (exact) mass is 288 g/mol. The molecule has 1 heterocycles. The van der Waals surface area contributed by atoms with Crippen molar-refractivity contribution in [3.05, 3.63) is 11.4 Å². The quantitative estimate of drug-likeness (QED) is 0.863. The fourth-order valence-corrected chi connectivity index (χ4v) is 1.74. The molecule has 0 aliphatic heterocycles. The molecule has 0 atom stereocenters. The summed E-state index contributed by atoms with van der Waals surface area (Å²) in [6.07, 6.45) is -2.52. The first-order valence-electron chi connectivity index (χ1n) is 6.45. The van der Waals surface area contributed by atoms with Gasteiger partial charge in [0.1, 0.15) is 17.5 Å². The molecule has 1 aromatic heterocycles. The van der Waals surface area contributed by atoms with Gasteiger partial charge in [0.2, 0.25) is 0 Å². The fourth-order valence-electron chi connectivity index (χ4n) is 1.74. The van der Waals surface area contributed by atoms with Crippen molar-refractivity contribution in [3.8, 4) is 0 Å². The summed E-state index contributed by atoms with van der Waals surface area (Å²) in [6, 6.07) is 0. The summed E-state index contributed by atoms with van der Waals surface area (Å²) in [5, 5.41) is 9.04. The molecule has 0 aliphatic carbocycles. The number of nitrogens with zero attached hydrogens (tertiary/aromatic N) is 3. The maximum absolute atomic E-state index is 12.7. The zero-order chi connectivity index (χ0) is 15.5. The lowest BCUT2D eigenvalue weighted by Crippen LogP contribution is -2.34. The van der Waals surface area contributed by atoms with Crippen molar-refractivity contribution in [1.29, 1.82) is 0 Å². The predicted molar refractivity (Wildman–Crippen MR) is 75.2 cm³/mol. The van der Waals surface area contributed by atoms with Crippen LogP contribution in [-0.2, 0) is 5.41 Å².